The van der Waals surface area contributed by atoms with E-state index in [0.717, 1.165) is 29.6 Å². The van der Waals surface area contributed by atoms with Crippen molar-refractivity contribution in [3.8, 4) is 0 Å². The summed E-state index contributed by atoms with van der Waals surface area (Å²) in [6, 6.07) is 8.16. The van der Waals surface area contributed by atoms with Crippen LogP contribution in [0.1, 0.15) is 36.9 Å². The summed E-state index contributed by atoms with van der Waals surface area (Å²) in [5.41, 5.74) is 1.60. The summed E-state index contributed by atoms with van der Waals surface area (Å²) in [7, 11) is 4.14. The van der Waals surface area contributed by atoms with Crippen LogP contribution in [0.3, 0.4) is 0 Å². The van der Waals surface area contributed by atoms with Crippen LogP contribution >= 0.6 is 0 Å². The van der Waals surface area contributed by atoms with Crippen LogP contribution in [0.15, 0.2) is 28.7 Å². The molecule has 2 atom stereocenters. The number of hydrogen-bond acceptors (Lipinski definition) is 4. The van der Waals surface area contributed by atoms with Crippen molar-refractivity contribution in [2.75, 3.05) is 27.2 Å². The van der Waals surface area contributed by atoms with Gasteiger partial charge in [0.15, 0.2) is 5.76 Å². The molecule has 0 radical (unpaired) electrons. The largest absolute Gasteiger partial charge is 0.451 e. The van der Waals surface area contributed by atoms with Gasteiger partial charge in [0.2, 0.25) is 0 Å². The number of benzene rings is 1. The number of rotatable bonds is 5. The Bertz CT molecular complexity index is 750. The molecule has 0 bridgehead atoms. The molecule has 2 unspecified atom stereocenters. The Morgan fingerprint density at radius 2 is 2.04 bits per heavy atom. The van der Waals surface area contributed by atoms with Crippen LogP contribution in [0, 0.1) is 5.92 Å². The van der Waals surface area contributed by atoms with E-state index in [0.29, 0.717) is 24.3 Å². The molecule has 1 amide bonds. The molecule has 1 fully saturated rings. The van der Waals surface area contributed by atoms with Crippen molar-refractivity contribution >= 4 is 16.9 Å². The van der Waals surface area contributed by atoms with Gasteiger partial charge in [-0.2, -0.15) is 0 Å². The first-order valence-corrected chi connectivity index (χ1v) is 8.96. The first kappa shape index (κ1) is 18.0. The summed E-state index contributed by atoms with van der Waals surface area (Å²) < 4.78 is 11.7. The van der Waals surface area contributed by atoms with Crippen molar-refractivity contribution < 1.29 is 13.9 Å². The summed E-state index contributed by atoms with van der Waals surface area (Å²) in [5, 5.41) is 0.961. The number of carbonyl (C=O) groups is 1. The van der Waals surface area contributed by atoms with Crippen molar-refractivity contribution in [1.82, 2.24) is 9.80 Å². The summed E-state index contributed by atoms with van der Waals surface area (Å²) >= 11 is 0. The zero-order valence-corrected chi connectivity index (χ0v) is 15.8. The van der Waals surface area contributed by atoms with Crippen molar-refractivity contribution in [2.24, 2.45) is 5.92 Å². The number of likely N-dealkylation sites (N-methyl/N-ethyl adjacent to an activating group) is 1. The molecule has 25 heavy (non-hydrogen) atoms. The highest BCUT2D eigenvalue weighted by Gasteiger charge is 2.36. The van der Waals surface area contributed by atoms with Crippen molar-refractivity contribution in [3.63, 3.8) is 0 Å². The van der Waals surface area contributed by atoms with E-state index in [4.69, 9.17) is 9.15 Å². The van der Waals surface area contributed by atoms with Gasteiger partial charge in [-0.3, -0.25) is 4.79 Å². The number of likely N-dealkylation sites (tertiary alicyclic amines) is 1. The molecule has 136 valence electrons. The SMILES string of the molecule is CC(C)OCc1c(C(=O)N2CC(C)C(N(C)C)C2)oc2ccccc12. The fourth-order valence-electron chi connectivity index (χ4n) is 3.60. The zero-order valence-electron chi connectivity index (χ0n) is 15.8. The molecule has 5 heteroatoms. The first-order chi connectivity index (χ1) is 11.9. The number of furan rings is 1. The third-order valence-corrected chi connectivity index (χ3v) is 4.98. The molecule has 2 heterocycles. The maximum Gasteiger partial charge on any atom is 0.290 e. The lowest BCUT2D eigenvalue weighted by atomic mass is 10.1. The second-order valence-electron chi connectivity index (χ2n) is 7.48. The number of carbonyl (C=O) groups excluding carboxylic acids is 1. The van der Waals surface area contributed by atoms with Gasteiger partial charge in [0.05, 0.1) is 12.7 Å². The van der Waals surface area contributed by atoms with Crippen LogP contribution in [0.25, 0.3) is 11.0 Å². The fourth-order valence-corrected chi connectivity index (χ4v) is 3.60. The fraction of sp³-hybridized carbons (Fsp3) is 0.550. The number of hydrogen-bond donors (Lipinski definition) is 0. The Hall–Kier alpha value is -1.85. The van der Waals surface area contributed by atoms with Crippen LogP contribution in [0.5, 0.6) is 0 Å². The Balaban J connectivity index is 1.92. The highest BCUT2D eigenvalue weighted by atomic mass is 16.5. The van der Waals surface area contributed by atoms with Gasteiger partial charge >= 0.3 is 0 Å². The minimum atomic E-state index is -0.0326. The average Bonchev–Trinajstić information content (AvgIpc) is 3.13. The predicted molar refractivity (Wildman–Crippen MR) is 98.7 cm³/mol. The topological polar surface area (TPSA) is 45.9 Å². The van der Waals surface area contributed by atoms with E-state index in [-0.39, 0.29) is 12.0 Å². The molecule has 0 aliphatic carbocycles. The standard InChI is InChI=1S/C20H28N2O3/c1-13(2)24-12-16-15-8-6-7-9-18(15)25-19(16)20(23)22-10-14(3)17(11-22)21(4)5/h6-9,13-14,17H,10-12H2,1-5H3. The molecular weight excluding hydrogens is 316 g/mol. The smallest absolute Gasteiger partial charge is 0.290 e. The zero-order chi connectivity index (χ0) is 18.1. The summed E-state index contributed by atoms with van der Waals surface area (Å²) in [4.78, 5) is 17.3. The van der Waals surface area contributed by atoms with E-state index in [1.807, 2.05) is 43.0 Å². The summed E-state index contributed by atoms with van der Waals surface area (Å²) in [6.45, 7) is 8.05. The third-order valence-electron chi connectivity index (χ3n) is 4.98. The average molecular weight is 344 g/mol. The van der Waals surface area contributed by atoms with E-state index in [2.05, 4.69) is 25.9 Å². The molecule has 1 aliphatic heterocycles. The lowest BCUT2D eigenvalue weighted by Crippen LogP contribution is -2.35. The predicted octanol–water partition coefficient (Wildman–Crippen LogP) is 3.38. The van der Waals surface area contributed by atoms with E-state index in [9.17, 15) is 4.79 Å². The Morgan fingerprint density at radius 3 is 2.68 bits per heavy atom. The van der Waals surface area contributed by atoms with Crippen LogP contribution < -0.4 is 0 Å². The van der Waals surface area contributed by atoms with E-state index in [1.165, 1.54) is 0 Å². The van der Waals surface area contributed by atoms with Gasteiger partial charge in [-0.25, -0.2) is 0 Å². The summed E-state index contributed by atoms with van der Waals surface area (Å²) in [5.74, 6) is 0.835. The van der Waals surface area contributed by atoms with E-state index in [1.54, 1.807) is 0 Å². The molecule has 5 nitrogen and oxygen atoms in total. The molecule has 2 aromatic rings. The molecule has 1 aromatic carbocycles. The highest BCUT2D eigenvalue weighted by molar-refractivity contribution is 5.99. The lowest BCUT2D eigenvalue weighted by molar-refractivity contribution is 0.0619. The number of para-hydroxylation sites is 1. The Kier molecular flexibility index (Phi) is 5.16. The van der Waals surface area contributed by atoms with Gasteiger partial charge in [-0.15, -0.1) is 0 Å². The van der Waals surface area contributed by atoms with Gasteiger partial charge < -0.3 is 19.0 Å². The molecule has 1 saturated heterocycles. The van der Waals surface area contributed by atoms with Gasteiger partial charge in [0.1, 0.15) is 5.58 Å². The van der Waals surface area contributed by atoms with Gasteiger partial charge in [-0.1, -0.05) is 25.1 Å². The summed E-state index contributed by atoms with van der Waals surface area (Å²) in [6.07, 6.45) is 0.0987. The van der Waals surface area contributed by atoms with Crippen molar-refractivity contribution in [3.05, 3.63) is 35.6 Å². The second-order valence-corrected chi connectivity index (χ2v) is 7.48. The Labute approximate surface area is 149 Å². The highest BCUT2D eigenvalue weighted by Crippen LogP contribution is 2.30. The maximum atomic E-state index is 13.2. The number of ether oxygens (including phenoxy) is 1. The molecule has 0 saturated carbocycles. The van der Waals surface area contributed by atoms with Crippen molar-refractivity contribution in [1.29, 1.82) is 0 Å². The number of nitrogens with zero attached hydrogens (tertiary/aromatic N) is 2. The minimum Gasteiger partial charge on any atom is -0.451 e. The van der Waals surface area contributed by atoms with E-state index < -0.39 is 0 Å². The molecule has 0 N–H and O–H groups in total. The van der Waals surface area contributed by atoms with Crippen LogP contribution in [0.4, 0.5) is 0 Å². The first-order valence-electron chi connectivity index (χ1n) is 8.96. The molecular formula is C20H28N2O3. The molecule has 0 spiro atoms. The van der Waals surface area contributed by atoms with Crippen molar-refractivity contribution in [2.45, 2.75) is 39.5 Å². The minimum absolute atomic E-state index is 0.0326. The Morgan fingerprint density at radius 1 is 1.32 bits per heavy atom. The van der Waals surface area contributed by atoms with Gasteiger partial charge in [-0.05, 0) is 39.9 Å². The molecule has 1 aliphatic rings. The third kappa shape index (κ3) is 3.58. The van der Waals surface area contributed by atoms with Crippen LogP contribution in [0.2, 0.25) is 0 Å². The lowest BCUT2D eigenvalue weighted by Gasteiger charge is -2.22. The normalized spacial score (nSPS) is 21.0. The monoisotopic (exact) mass is 344 g/mol. The number of fused-ring (bicyclic) bond motifs is 1. The molecule has 3 rings (SSSR count). The maximum absolute atomic E-state index is 13.2. The molecule has 1 aromatic heterocycles. The quantitative estimate of drug-likeness (QED) is 0.834. The van der Waals surface area contributed by atoms with Crippen LogP contribution in [-0.2, 0) is 11.3 Å². The number of amides is 1. The van der Waals surface area contributed by atoms with Gasteiger partial charge in [0.25, 0.3) is 5.91 Å². The van der Waals surface area contributed by atoms with E-state index >= 15 is 0 Å². The van der Waals surface area contributed by atoms with Crippen LogP contribution in [-0.4, -0.2) is 55.0 Å². The second kappa shape index (κ2) is 7.18. The van der Waals surface area contributed by atoms with Gasteiger partial charge in [0, 0.05) is 30.1 Å².